The largest absolute Gasteiger partial charge is 0.399 e. The Morgan fingerprint density at radius 2 is 2.06 bits per heavy atom. The number of benzene rings is 2. The number of H-pyrrole nitrogens is 1. The van der Waals surface area contributed by atoms with Crippen LogP contribution >= 0.6 is 15.9 Å². The highest BCUT2D eigenvalue weighted by atomic mass is 79.9. The van der Waals surface area contributed by atoms with Crippen LogP contribution < -0.4 is 5.73 Å². The van der Waals surface area contributed by atoms with E-state index < -0.39 is 0 Å². The van der Waals surface area contributed by atoms with E-state index in [1.54, 1.807) is 0 Å². The highest BCUT2D eigenvalue weighted by Crippen LogP contribution is 2.28. The fourth-order valence-electron chi connectivity index (χ4n) is 2.02. The molecule has 0 atom stereocenters. The van der Waals surface area contributed by atoms with Crippen molar-refractivity contribution < 1.29 is 0 Å². The van der Waals surface area contributed by atoms with E-state index in [0.29, 0.717) is 0 Å². The Balaban J connectivity index is 2.22. The minimum atomic E-state index is 0.740. The number of imidazole rings is 1. The van der Waals surface area contributed by atoms with E-state index in [0.717, 1.165) is 32.6 Å². The van der Waals surface area contributed by atoms with Gasteiger partial charge < -0.3 is 10.7 Å². The quantitative estimate of drug-likeness (QED) is 0.670. The summed E-state index contributed by atoms with van der Waals surface area (Å²) in [6.45, 7) is 2.07. The molecule has 3 nitrogen and oxygen atoms in total. The molecule has 18 heavy (non-hydrogen) atoms. The Morgan fingerprint density at radius 3 is 2.89 bits per heavy atom. The Bertz CT molecular complexity index is 731. The average molecular weight is 302 g/mol. The molecule has 4 heteroatoms. The normalized spacial score (nSPS) is 11.0. The first kappa shape index (κ1) is 11.3. The van der Waals surface area contributed by atoms with Crippen molar-refractivity contribution in [1.29, 1.82) is 0 Å². The predicted octanol–water partition coefficient (Wildman–Crippen LogP) is 3.88. The maximum Gasteiger partial charge on any atom is 0.138 e. The third-order valence-electron chi connectivity index (χ3n) is 3.03. The zero-order chi connectivity index (χ0) is 12.7. The predicted molar refractivity (Wildman–Crippen MR) is 78.4 cm³/mol. The van der Waals surface area contributed by atoms with Gasteiger partial charge in [-0.25, -0.2) is 4.98 Å². The Hall–Kier alpha value is -1.81. The van der Waals surface area contributed by atoms with E-state index in [4.69, 9.17) is 5.73 Å². The molecular formula is C14H12BrN3. The highest BCUT2D eigenvalue weighted by Gasteiger charge is 2.09. The van der Waals surface area contributed by atoms with Gasteiger partial charge in [-0.2, -0.15) is 0 Å². The summed E-state index contributed by atoms with van der Waals surface area (Å²) in [5, 5.41) is 0. The molecule has 0 saturated carbocycles. The average Bonchev–Trinajstić information content (AvgIpc) is 2.75. The van der Waals surface area contributed by atoms with Crippen molar-refractivity contribution in [1.82, 2.24) is 9.97 Å². The van der Waals surface area contributed by atoms with Gasteiger partial charge in [0.25, 0.3) is 0 Å². The molecule has 0 aliphatic carbocycles. The summed E-state index contributed by atoms with van der Waals surface area (Å²) < 4.78 is 1.08. The topological polar surface area (TPSA) is 54.7 Å². The molecule has 0 saturated heterocycles. The zero-order valence-electron chi connectivity index (χ0n) is 9.87. The second-order valence-corrected chi connectivity index (χ2v) is 5.13. The van der Waals surface area contributed by atoms with E-state index in [1.807, 2.05) is 30.3 Å². The molecule has 0 spiro atoms. The van der Waals surface area contributed by atoms with Crippen LogP contribution in [0.4, 0.5) is 5.69 Å². The van der Waals surface area contributed by atoms with Crippen LogP contribution in [0.1, 0.15) is 5.56 Å². The minimum Gasteiger partial charge on any atom is -0.399 e. The fourth-order valence-corrected chi connectivity index (χ4v) is 2.38. The number of nitrogen functional groups attached to an aromatic ring is 1. The van der Waals surface area contributed by atoms with Crippen LogP contribution in [-0.4, -0.2) is 9.97 Å². The van der Waals surface area contributed by atoms with Crippen LogP contribution in [-0.2, 0) is 0 Å². The Kier molecular flexibility index (Phi) is 2.59. The van der Waals surface area contributed by atoms with E-state index in [-0.39, 0.29) is 0 Å². The first-order chi connectivity index (χ1) is 8.65. The SMILES string of the molecule is Cc1c(Br)cccc1-c1nc2ccc(N)cc2[nH]1. The first-order valence-electron chi connectivity index (χ1n) is 5.66. The molecule has 3 N–H and O–H groups in total. The standard InChI is InChI=1S/C14H12BrN3/c1-8-10(3-2-4-11(8)15)14-17-12-6-5-9(16)7-13(12)18-14/h2-7H,16H2,1H3,(H,17,18). The number of rotatable bonds is 1. The second kappa shape index (κ2) is 4.14. The van der Waals surface area contributed by atoms with Gasteiger partial charge in [0, 0.05) is 15.7 Å². The molecule has 0 amide bonds. The molecule has 1 heterocycles. The molecule has 2 aromatic carbocycles. The molecule has 0 aliphatic heterocycles. The number of halogens is 1. The van der Waals surface area contributed by atoms with Gasteiger partial charge in [0.05, 0.1) is 11.0 Å². The smallest absolute Gasteiger partial charge is 0.138 e. The highest BCUT2D eigenvalue weighted by molar-refractivity contribution is 9.10. The van der Waals surface area contributed by atoms with Gasteiger partial charge in [-0.1, -0.05) is 28.1 Å². The fraction of sp³-hybridized carbons (Fsp3) is 0.0714. The molecule has 1 aromatic heterocycles. The summed E-state index contributed by atoms with van der Waals surface area (Å²) in [4.78, 5) is 7.90. The van der Waals surface area contributed by atoms with E-state index in [1.165, 1.54) is 5.56 Å². The summed E-state index contributed by atoms with van der Waals surface area (Å²) in [5.74, 6) is 0.870. The number of anilines is 1. The second-order valence-electron chi connectivity index (χ2n) is 4.27. The summed E-state index contributed by atoms with van der Waals surface area (Å²) in [6, 6.07) is 11.8. The summed E-state index contributed by atoms with van der Waals surface area (Å²) in [5.41, 5.74) is 10.7. The maximum atomic E-state index is 5.77. The number of nitrogens with zero attached hydrogens (tertiary/aromatic N) is 1. The van der Waals surface area contributed by atoms with Crippen molar-refractivity contribution >= 4 is 32.7 Å². The number of hydrogen-bond acceptors (Lipinski definition) is 2. The van der Waals surface area contributed by atoms with Crippen molar-refractivity contribution in [3.05, 3.63) is 46.4 Å². The number of hydrogen-bond donors (Lipinski definition) is 2. The summed E-state index contributed by atoms with van der Waals surface area (Å²) in [7, 11) is 0. The molecule has 0 fully saturated rings. The lowest BCUT2D eigenvalue weighted by Crippen LogP contribution is -1.86. The first-order valence-corrected chi connectivity index (χ1v) is 6.45. The molecule has 0 radical (unpaired) electrons. The van der Waals surface area contributed by atoms with Crippen molar-refractivity contribution in [3.63, 3.8) is 0 Å². The van der Waals surface area contributed by atoms with E-state index >= 15 is 0 Å². The number of fused-ring (bicyclic) bond motifs is 1. The van der Waals surface area contributed by atoms with Crippen molar-refractivity contribution in [2.45, 2.75) is 6.92 Å². The molecule has 3 aromatic rings. The lowest BCUT2D eigenvalue weighted by molar-refractivity contribution is 1.30. The van der Waals surface area contributed by atoms with Gasteiger partial charge in [-0.05, 0) is 36.8 Å². The number of nitrogens with two attached hydrogens (primary N) is 1. The van der Waals surface area contributed by atoms with Gasteiger partial charge >= 0.3 is 0 Å². The van der Waals surface area contributed by atoms with Gasteiger partial charge in [0.2, 0.25) is 0 Å². The van der Waals surface area contributed by atoms with Crippen molar-refractivity contribution in [2.24, 2.45) is 0 Å². The van der Waals surface area contributed by atoms with Crippen LogP contribution in [0.5, 0.6) is 0 Å². The maximum absolute atomic E-state index is 5.77. The van der Waals surface area contributed by atoms with Crippen LogP contribution in [0.3, 0.4) is 0 Å². The zero-order valence-corrected chi connectivity index (χ0v) is 11.5. The van der Waals surface area contributed by atoms with Crippen molar-refractivity contribution in [3.8, 4) is 11.4 Å². The summed E-state index contributed by atoms with van der Waals surface area (Å²) in [6.07, 6.45) is 0. The molecule has 90 valence electrons. The molecule has 0 unspecified atom stereocenters. The van der Waals surface area contributed by atoms with Crippen LogP contribution in [0.2, 0.25) is 0 Å². The summed E-state index contributed by atoms with van der Waals surface area (Å²) >= 11 is 3.54. The van der Waals surface area contributed by atoms with Crippen LogP contribution in [0.15, 0.2) is 40.9 Å². The van der Waals surface area contributed by atoms with Gasteiger partial charge in [-0.3, -0.25) is 0 Å². The monoisotopic (exact) mass is 301 g/mol. The molecule has 3 rings (SSSR count). The molecular weight excluding hydrogens is 290 g/mol. The molecule has 0 aliphatic rings. The lowest BCUT2D eigenvalue weighted by atomic mass is 10.1. The van der Waals surface area contributed by atoms with Crippen molar-refractivity contribution in [2.75, 3.05) is 5.73 Å². The Labute approximate surface area is 113 Å². The van der Waals surface area contributed by atoms with Gasteiger partial charge in [0.1, 0.15) is 5.82 Å². The van der Waals surface area contributed by atoms with Gasteiger partial charge in [0.15, 0.2) is 0 Å². The van der Waals surface area contributed by atoms with Crippen LogP contribution in [0, 0.1) is 6.92 Å². The lowest BCUT2D eigenvalue weighted by Gasteiger charge is -2.03. The third kappa shape index (κ3) is 1.78. The Morgan fingerprint density at radius 1 is 1.22 bits per heavy atom. The number of nitrogens with one attached hydrogen (secondary N) is 1. The van der Waals surface area contributed by atoms with Gasteiger partial charge in [-0.15, -0.1) is 0 Å². The minimum absolute atomic E-state index is 0.740. The van der Waals surface area contributed by atoms with E-state index in [2.05, 4.69) is 38.9 Å². The number of aromatic nitrogens is 2. The number of aromatic amines is 1. The molecule has 0 bridgehead atoms. The van der Waals surface area contributed by atoms with E-state index in [9.17, 15) is 0 Å². The van der Waals surface area contributed by atoms with Crippen LogP contribution in [0.25, 0.3) is 22.4 Å². The third-order valence-corrected chi connectivity index (χ3v) is 3.89.